The molecule has 0 fully saturated rings. The summed E-state index contributed by atoms with van der Waals surface area (Å²) in [5.74, 6) is -0.182. The molecule has 2 aromatic rings. The minimum Gasteiger partial charge on any atom is -0.313 e. The summed E-state index contributed by atoms with van der Waals surface area (Å²) in [7, 11) is 0. The lowest BCUT2D eigenvalue weighted by Gasteiger charge is -2.09. The quantitative estimate of drug-likeness (QED) is 0.782. The maximum atomic E-state index is 14.3. The molecule has 0 aliphatic rings. The molecule has 20 heavy (non-hydrogen) atoms. The zero-order valence-electron chi connectivity index (χ0n) is 12.2. The van der Waals surface area contributed by atoms with Crippen LogP contribution in [0.4, 0.5) is 4.39 Å². The summed E-state index contributed by atoms with van der Waals surface area (Å²) in [6.07, 6.45) is 3.78. The van der Waals surface area contributed by atoms with Crippen molar-refractivity contribution in [3.63, 3.8) is 0 Å². The highest BCUT2D eigenvalue weighted by Crippen LogP contribution is 2.23. The van der Waals surface area contributed by atoms with Crippen LogP contribution in [-0.2, 0) is 13.1 Å². The summed E-state index contributed by atoms with van der Waals surface area (Å²) in [6.45, 7) is 6.67. The van der Waals surface area contributed by atoms with Crippen LogP contribution in [0.25, 0.3) is 11.3 Å². The molecule has 1 aromatic heterocycles. The number of hydrogen-bond acceptors (Lipinski definition) is 2. The van der Waals surface area contributed by atoms with Gasteiger partial charge in [-0.25, -0.2) is 4.39 Å². The molecule has 2 rings (SSSR count). The molecule has 0 aliphatic carbocycles. The molecule has 4 heteroatoms. The highest BCUT2D eigenvalue weighted by molar-refractivity contribution is 5.60. The topological polar surface area (TPSA) is 29.9 Å². The predicted molar refractivity (Wildman–Crippen MR) is 79.9 cm³/mol. The zero-order valence-corrected chi connectivity index (χ0v) is 12.2. The number of hydrogen-bond donors (Lipinski definition) is 1. The Kier molecular flexibility index (Phi) is 5.30. The SMILES string of the molecule is CCCNCc1ccc(-c2ccnn2CCC)c(F)c1. The number of aromatic nitrogens is 2. The summed E-state index contributed by atoms with van der Waals surface area (Å²) in [6, 6.07) is 7.30. The minimum absolute atomic E-state index is 0.182. The predicted octanol–water partition coefficient (Wildman–Crippen LogP) is 3.60. The van der Waals surface area contributed by atoms with Gasteiger partial charge in [0.15, 0.2) is 0 Å². The number of halogens is 1. The van der Waals surface area contributed by atoms with Gasteiger partial charge in [0, 0.05) is 24.8 Å². The molecule has 1 aromatic carbocycles. The van der Waals surface area contributed by atoms with Crippen molar-refractivity contribution in [3.8, 4) is 11.3 Å². The van der Waals surface area contributed by atoms with Crippen molar-refractivity contribution in [2.45, 2.75) is 39.8 Å². The van der Waals surface area contributed by atoms with Gasteiger partial charge in [-0.15, -0.1) is 0 Å². The molecule has 0 saturated carbocycles. The molecule has 0 spiro atoms. The first-order valence-corrected chi connectivity index (χ1v) is 7.27. The van der Waals surface area contributed by atoms with Crippen molar-refractivity contribution in [3.05, 3.63) is 41.8 Å². The lowest BCUT2D eigenvalue weighted by Crippen LogP contribution is -2.13. The smallest absolute Gasteiger partial charge is 0.132 e. The molecule has 0 unspecified atom stereocenters. The maximum absolute atomic E-state index is 14.3. The van der Waals surface area contributed by atoms with Crippen molar-refractivity contribution in [2.75, 3.05) is 6.54 Å². The lowest BCUT2D eigenvalue weighted by molar-refractivity contribution is 0.596. The second-order valence-corrected chi connectivity index (χ2v) is 4.93. The van der Waals surface area contributed by atoms with Gasteiger partial charge in [-0.2, -0.15) is 5.10 Å². The average molecular weight is 275 g/mol. The lowest BCUT2D eigenvalue weighted by atomic mass is 10.1. The fourth-order valence-electron chi connectivity index (χ4n) is 2.24. The Labute approximate surface area is 119 Å². The standard InChI is InChI=1S/C16H22FN3/c1-3-8-18-12-13-5-6-14(15(17)11-13)16-7-9-19-20(16)10-4-2/h5-7,9,11,18H,3-4,8,10,12H2,1-2H3. The van der Waals surface area contributed by atoms with Crippen LogP contribution < -0.4 is 5.32 Å². The minimum atomic E-state index is -0.182. The van der Waals surface area contributed by atoms with Gasteiger partial charge in [0.25, 0.3) is 0 Å². The summed E-state index contributed by atoms with van der Waals surface area (Å²) >= 11 is 0. The maximum Gasteiger partial charge on any atom is 0.132 e. The highest BCUT2D eigenvalue weighted by atomic mass is 19.1. The fraction of sp³-hybridized carbons (Fsp3) is 0.438. The molecule has 1 N–H and O–H groups in total. The van der Waals surface area contributed by atoms with E-state index < -0.39 is 0 Å². The molecular formula is C16H22FN3. The third kappa shape index (κ3) is 3.45. The van der Waals surface area contributed by atoms with Gasteiger partial charge in [-0.05, 0) is 43.1 Å². The molecule has 3 nitrogen and oxygen atoms in total. The number of aryl methyl sites for hydroxylation is 1. The van der Waals surface area contributed by atoms with E-state index in [9.17, 15) is 4.39 Å². The van der Waals surface area contributed by atoms with Crippen molar-refractivity contribution in [1.82, 2.24) is 15.1 Å². The number of benzene rings is 1. The zero-order chi connectivity index (χ0) is 14.4. The monoisotopic (exact) mass is 275 g/mol. The number of nitrogens with one attached hydrogen (secondary N) is 1. The van der Waals surface area contributed by atoms with Crippen LogP contribution in [0.15, 0.2) is 30.5 Å². The van der Waals surface area contributed by atoms with Gasteiger partial charge in [-0.1, -0.05) is 19.9 Å². The molecule has 0 radical (unpaired) electrons. The van der Waals surface area contributed by atoms with Gasteiger partial charge < -0.3 is 5.32 Å². The van der Waals surface area contributed by atoms with Crippen LogP contribution >= 0.6 is 0 Å². The molecule has 108 valence electrons. The largest absolute Gasteiger partial charge is 0.313 e. The van der Waals surface area contributed by atoms with Crippen LogP contribution in [0.2, 0.25) is 0 Å². The second-order valence-electron chi connectivity index (χ2n) is 4.93. The van der Waals surface area contributed by atoms with E-state index in [0.29, 0.717) is 12.1 Å². The van der Waals surface area contributed by atoms with Crippen molar-refractivity contribution in [2.24, 2.45) is 0 Å². The first-order chi connectivity index (χ1) is 9.76. The van der Waals surface area contributed by atoms with Crippen LogP contribution in [0.5, 0.6) is 0 Å². The number of nitrogens with zero attached hydrogens (tertiary/aromatic N) is 2. The molecule has 0 bridgehead atoms. The molecule has 0 amide bonds. The summed E-state index contributed by atoms with van der Waals surface area (Å²) in [4.78, 5) is 0. The van der Waals surface area contributed by atoms with Gasteiger partial charge in [0.1, 0.15) is 5.82 Å². The Morgan fingerprint density at radius 3 is 2.75 bits per heavy atom. The van der Waals surface area contributed by atoms with Crippen LogP contribution in [0.3, 0.4) is 0 Å². The van der Waals surface area contributed by atoms with Gasteiger partial charge in [0.05, 0.1) is 5.69 Å². The Bertz CT molecular complexity index is 548. The Morgan fingerprint density at radius 1 is 1.20 bits per heavy atom. The first kappa shape index (κ1) is 14.7. The van der Waals surface area contributed by atoms with Gasteiger partial charge in [0.2, 0.25) is 0 Å². The third-order valence-corrected chi connectivity index (χ3v) is 3.22. The summed E-state index contributed by atoms with van der Waals surface area (Å²) in [5.41, 5.74) is 2.44. The molecular weight excluding hydrogens is 253 g/mol. The molecule has 0 aliphatic heterocycles. The van der Waals surface area contributed by atoms with E-state index in [-0.39, 0.29) is 5.82 Å². The fourth-order valence-corrected chi connectivity index (χ4v) is 2.24. The Morgan fingerprint density at radius 2 is 2.05 bits per heavy atom. The van der Waals surface area contributed by atoms with E-state index in [0.717, 1.165) is 37.2 Å². The Balaban J connectivity index is 2.18. The van der Waals surface area contributed by atoms with Crippen LogP contribution in [0.1, 0.15) is 32.3 Å². The van der Waals surface area contributed by atoms with Crippen molar-refractivity contribution >= 4 is 0 Å². The highest BCUT2D eigenvalue weighted by Gasteiger charge is 2.10. The first-order valence-electron chi connectivity index (χ1n) is 7.27. The van der Waals surface area contributed by atoms with E-state index in [4.69, 9.17) is 0 Å². The summed E-state index contributed by atoms with van der Waals surface area (Å²) < 4.78 is 16.1. The van der Waals surface area contributed by atoms with Gasteiger partial charge in [-0.3, -0.25) is 4.68 Å². The van der Waals surface area contributed by atoms with E-state index in [1.54, 1.807) is 12.3 Å². The average Bonchev–Trinajstić information content (AvgIpc) is 2.88. The molecule has 0 saturated heterocycles. The number of rotatable bonds is 7. The van der Waals surface area contributed by atoms with Gasteiger partial charge >= 0.3 is 0 Å². The third-order valence-electron chi connectivity index (χ3n) is 3.22. The van der Waals surface area contributed by atoms with Crippen LogP contribution in [-0.4, -0.2) is 16.3 Å². The van der Waals surface area contributed by atoms with E-state index in [2.05, 4.69) is 24.3 Å². The van der Waals surface area contributed by atoms with Crippen LogP contribution in [0, 0.1) is 5.82 Å². The Hall–Kier alpha value is -1.68. The van der Waals surface area contributed by atoms with Crippen molar-refractivity contribution in [1.29, 1.82) is 0 Å². The van der Waals surface area contributed by atoms with E-state index in [1.807, 2.05) is 22.9 Å². The molecule has 0 atom stereocenters. The van der Waals surface area contributed by atoms with Crippen molar-refractivity contribution < 1.29 is 4.39 Å². The molecule has 1 heterocycles. The second kappa shape index (κ2) is 7.20. The van der Waals surface area contributed by atoms with E-state index in [1.165, 1.54) is 0 Å². The summed E-state index contributed by atoms with van der Waals surface area (Å²) in [5, 5.41) is 7.52. The normalized spacial score (nSPS) is 10.9. The van der Waals surface area contributed by atoms with E-state index >= 15 is 0 Å².